The van der Waals surface area contributed by atoms with E-state index in [1.165, 1.54) is 24.3 Å². The number of nitrogens with zero attached hydrogens (tertiary/aromatic N) is 1. The van der Waals surface area contributed by atoms with Crippen molar-refractivity contribution < 1.29 is 41.8 Å². The number of rotatable bonds is 9. The number of Topliss-reactive ketones (excluding diaryl/α,β-unsaturated/α-hetero) is 1. The number of halogens is 4. The Morgan fingerprint density at radius 3 is 2.05 bits per heavy atom. The number of carbonyl (C=O) groups is 3. The second-order valence-electron chi connectivity index (χ2n) is 8.68. The van der Waals surface area contributed by atoms with E-state index in [9.17, 15) is 27.2 Å². The molecule has 2 aromatic carbocycles. The predicted octanol–water partition coefficient (Wildman–Crippen LogP) is 4.21. The van der Waals surface area contributed by atoms with Crippen molar-refractivity contribution in [1.29, 1.82) is 0 Å². The first kappa shape index (κ1) is 29.9. The normalized spacial score (nSPS) is 14.4. The average molecular weight is 527 g/mol. The Kier molecular flexibility index (Phi) is 11.7. The lowest BCUT2D eigenvalue weighted by Crippen LogP contribution is -2.38. The third-order valence-corrected chi connectivity index (χ3v) is 5.78. The molecule has 7 nitrogen and oxygen atoms in total. The van der Waals surface area contributed by atoms with Crippen molar-refractivity contribution in [2.75, 3.05) is 26.7 Å². The smallest absolute Gasteiger partial charge is 0.475 e. The maximum Gasteiger partial charge on any atom is 0.490 e. The van der Waals surface area contributed by atoms with Gasteiger partial charge in [-0.05, 0) is 67.2 Å². The molecule has 11 heteroatoms. The molecule has 1 heterocycles. The van der Waals surface area contributed by atoms with Gasteiger partial charge in [0, 0.05) is 25.6 Å². The summed E-state index contributed by atoms with van der Waals surface area (Å²) in [4.78, 5) is 35.6. The molecule has 37 heavy (non-hydrogen) atoms. The highest BCUT2D eigenvalue weighted by Crippen LogP contribution is 2.21. The molecule has 1 amide bonds. The van der Waals surface area contributed by atoms with Gasteiger partial charge in [0.05, 0.1) is 13.2 Å². The van der Waals surface area contributed by atoms with Crippen molar-refractivity contribution in [3.05, 3.63) is 71.0 Å². The van der Waals surface area contributed by atoms with Gasteiger partial charge in [-0.15, -0.1) is 0 Å². The first-order valence-electron chi connectivity index (χ1n) is 11.6. The average Bonchev–Trinajstić information content (AvgIpc) is 2.85. The monoisotopic (exact) mass is 526 g/mol. The highest BCUT2D eigenvalue weighted by atomic mass is 19.4. The highest BCUT2D eigenvalue weighted by Gasteiger charge is 2.38. The number of carboxylic acid groups (broad SMARTS) is 1. The van der Waals surface area contributed by atoms with Gasteiger partial charge in [-0.2, -0.15) is 13.2 Å². The number of carboxylic acids is 1. The van der Waals surface area contributed by atoms with Gasteiger partial charge in [-0.1, -0.05) is 24.3 Å². The van der Waals surface area contributed by atoms with Crippen LogP contribution in [0, 0.1) is 11.7 Å². The van der Waals surface area contributed by atoms with Crippen molar-refractivity contribution >= 4 is 17.7 Å². The molecule has 0 saturated carbocycles. The number of hydrogen-bond acceptors (Lipinski definition) is 5. The standard InChI is InChI=1S/C24H29FN2O3.C2HF3O2/c1-30-17-20-4-2-19(3-5-20)15-26-24(29)14-18-10-12-27(13-11-18)16-23(28)21-6-8-22(25)9-7-21;3-2(4,5)1(6)7/h2-9,18H,10-17H2,1H3,(H,26,29);(H,6,7). The lowest BCUT2D eigenvalue weighted by molar-refractivity contribution is -0.192. The van der Waals surface area contributed by atoms with Crippen molar-refractivity contribution in [3.63, 3.8) is 0 Å². The topological polar surface area (TPSA) is 95.9 Å². The number of methoxy groups -OCH3 is 1. The van der Waals surface area contributed by atoms with Crippen LogP contribution in [0.3, 0.4) is 0 Å². The largest absolute Gasteiger partial charge is 0.490 e. The molecule has 0 radical (unpaired) electrons. The molecule has 2 N–H and O–H groups in total. The number of likely N-dealkylation sites (tertiary alicyclic amines) is 1. The molecule has 2 aromatic rings. The van der Waals surface area contributed by atoms with E-state index in [2.05, 4.69) is 10.2 Å². The van der Waals surface area contributed by atoms with Crippen LogP contribution in [-0.4, -0.2) is 60.6 Å². The number of carbonyl (C=O) groups excluding carboxylic acids is 2. The Morgan fingerprint density at radius 1 is 1.00 bits per heavy atom. The maximum atomic E-state index is 13.0. The molecule has 1 saturated heterocycles. The number of amides is 1. The Morgan fingerprint density at radius 2 is 1.54 bits per heavy atom. The van der Waals surface area contributed by atoms with E-state index in [0.717, 1.165) is 37.1 Å². The summed E-state index contributed by atoms with van der Waals surface area (Å²) in [5.74, 6) is -2.69. The minimum Gasteiger partial charge on any atom is -0.475 e. The maximum absolute atomic E-state index is 13.0. The third-order valence-electron chi connectivity index (χ3n) is 5.78. The van der Waals surface area contributed by atoms with Crippen LogP contribution in [0.25, 0.3) is 0 Å². The lowest BCUT2D eigenvalue weighted by Gasteiger charge is -2.31. The summed E-state index contributed by atoms with van der Waals surface area (Å²) in [7, 11) is 1.67. The second-order valence-corrected chi connectivity index (χ2v) is 8.68. The number of ketones is 1. The number of aliphatic carboxylic acids is 1. The first-order chi connectivity index (χ1) is 17.5. The molecular weight excluding hydrogens is 496 g/mol. The van der Waals surface area contributed by atoms with E-state index in [1.807, 2.05) is 24.3 Å². The van der Waals surface area contributed by atoms with E-state index in [4.69, 9.17) is 14.6 Å². The van der Waals surface area contributed by atoms with Gasteiger partial charge in [0.15, 0.2) is 5.78 Å². The van der Waals surface area contributed by atoms with Gasteiger partial charge in [-0.25, -0.2) is 9.18 Å². The molecule has 202 valence electrons. The first-order valence-corrected chi connectivity index (χ1v) is 11.6. The molecule has 0 unspecified atom stereocenters. The van der Waals surface area contributed by atoms with Gasteiger partial charge in [-0.3, -0.25) is 14.5 Å². The summed E-state index contributed by atoms with van der Waals surface area (Å²) in [6.07, 6.45) is -2.77. The SMILES string of the molecule is COCc1ccc(CNC(=O)CC2CCN(CC(=O)c3ccc(F)cc3)CC2)cc1.O=C(O)C(F)(F)F. The van der Waals surface area contributed by atoms with Crippen LogP contribution in [0.4, 0.5) is 17.6 Å². The van der Waals surface area contributed by atoms with Crippen molar-refractivity contribution in [3.8, 4) is 0 Å². The molecule has 0 aromatic heterocycles. The number of ether oxygens (including phenoxy) is 1. The van der Waals surface area contributed by atoms with Crippen LogP contribution in [0.5, 0.6) is 0 Å². The quantitative estimate of drug-likeness (QED) is 0.376. The van der Waals surface area contributed by atoms with E-state index >= 15 is 0 Å². The van der Waals surface area contributed by atoms with Gasteiger partial charge in [0.2, 0.25) is 5.91 Å². The lowest BCUT2D eigenvalue weighted by atomic mass is 9.93. The fraction of sp³-hybridized carbons (Fsp3) is 0.423. The van der Waals surface area contributed by atoms with E-state index in [0.29, 0.717) is 37.6 Å². The summed E-state index contributed by atoms with van der Waals surface area (Å²) in [5, 5.41) is 10.1. The summed E-state index contributed by atoms with van der Waals surface area (Å²) >= 11 is 0. The van der Waals surface area contributed by atoms with Crippen LogP contribution >= 0.6 is 0 Å². The van der Waals surface area contributed by atoms with Crippen LogP contribution in [0.1, 0.15) is 40.7 Å². The zero-order valence-electron chi connectivity index (χ0n) is 20.4. The van der Waals surface area contributed by atoms with Gasteiger partial charge < -0.3 is 15.2 Å². The van der Waals surface area contributed by atoms with Crippen LogP contribution in [0.2, 0.25) is 0 Å². The zero-order chi connectivity index (χ0) is 27.4. The minimum atomic E-state index is -5.08. The molecule has 1 fully saturated rings. The van der Waals surface area contributed by atoms with Gasteiger partial charge in [0.25, 0.3) is 0 Å². The number of piperidine rings is 1. The Bertz CT molecular complexity index is 1020. The summed E-state index contributed by atoms with van der Waals surface area (Å²) in [6, 6.07) is 13.7. The highest BCUT2D eigenvalue weighted by molar-refractivity contribution is 5.97. The number of hydrogen-bond donors (Lipinski definition) is 2. The summed E-state index contributed by atoms with van der Waals surface area (Å²) in [5.41, 5.74) is 2.71. The van der Waals surface area contributed by atoms with Crippen molar-refractivity contribution in [1.82, 2.24) is 10.2 Å². The fourth-order valence-electron chi connectivity index (χ4n) is 3.73. The summed E-state index contributed by atoms with van der Waals surface area (Å²) < 4.78 is 49.8. The van der Waals surface area contributed by atoms with E-state index < -0.39 is 12.1 Å². The predicted molar refractivity (Wildman–Crippen MR) is 127 cm³/mol. The molecule has 1 aliphatic rings. The third kappa shape index (κ3) is 11.1. The molecule has 0 bridgehead atoms. The van der Waals surface area contributed by atoms with Gasteiger partial charge >= 0.3 is 12.1 Å². The van der Waals surface area contributed by atoms with Crippen molar-refractivity contribution in [2.24, 2.45) is 5.92 Å². The molecule has 1 aliphatic heterocycles. The fourth-order valence-corrected chi connectivity index (χ4v) is 3.73. The van der Waals surface area contributed by atoms with Crippen LogP contribution in [-0.2, 0) is 27.5 Å². The molecule has 0 aliphatic carbocycles. The molecular formula is C26H30F4N2O5. The van der Waals surface area contributed by atoms with E-state index in [-0.39, 0.29) is 17.5 Å². The van der Waals surface area contributed by atoms with Crippen LogP contribution < -0.4 is 5.32 Å². The molecule has 0 spiro atoms. The van der Waals surface area contributed by atoms with E-state index in [1.54, 1.807) is 7.11 Å². The number of alkyl halides is 3. The van der Waals surface area contributed by atoms with Gasteiger partial charge in [0.1, 0.15) is 5.82 Å². The Labute approximate surface area is 212 Å². The molecule has 0 atom stereocenters. The molecule has 3 rings (SSSR count). The number of benzene rings is 2. The minimum absolute atomic E-state index is 0.00251. The Hall–Kier alpha value is -3.31. The van der Waals surface area contributed by atoms with Crippen LogP contribution in [0.15, 0.2) is 48.5 Å². The number of nitrogens with one attached hydrogen (secondary N) is 1. The zero-order valence-corrected chi connectivity index (χ0v) is 20.4. The second kappa shape index (κ2) is 14.4. The van der Waals surface area contributed by atoms with Crippen molar-refractivity contribution in [2.45, 2.75) is 38.6 Å². The summed E-state index contributed by atoms with van der Waals surface area (Å²) in [6.45, 7) is 3.04. The Balaban J connectivity index is 0.000000604.